The van der Waals surface area contributed by atoms with Crippen molar-refractivity contribution < 1.29 is 5.11 Å². The van der Waals surface area contributed by atoms with E-state index in [1.54, 1.807) is 13.1 Å². The third-order valence-electron chi connectivity index (χ3n) is 4.63. The van der Waals surface area contributed by atoms with Crippen LogP contribution in [0, 0.1) is 0 Å². The van der Waals surface area contributed by atoms with Gasteiger partial charge in [0, 0.05) is 17.5 Å². The lowest BCUT2D eigenvalue weighted by Gasteiger charge is -2.18. The molecule has 5 heteroatoms. The van der Waals surface area contributed by atoms with E-state index in [0.29, 0.717) is 11.9 Å². The van der Waals surface area contributed by atoms with Crippen LogP contribution in [0.25, 0.3) is 21.9 Å². The van der Waals surface area contributed by atoms with Crippen molar-refractivity contribution in [2.45, 2.75) is 44.4 Å². The van der Waals surface area contributed by atoms with Gasteiger partial charge in [-0.05, 0) is 32.3 Å². The summed E-state index contributed by atoms with van der Waals surface area (Å²) in [6.45, 7) is 1.77. The largest absolute Gasteiger partial charge is 0.385 e. The monoisotopic (exact) mass is 296 g/mol. The van der Waals surface area contributed by atoms with Crippen molar-refractivity contribution >= 4 is 21.9 Å². The smallest absolute Gasteiger partial charge is 0.138 e. The van der Waals surface area contributed by atoms with E-state index in [9.17, 15) is 5.11 Å². The maximum atomic E-state index is 10.2. The van der Waals surface area contributed by atoms with Crippen LogP contribution in [-0.4, -0.2) is 25.7 Å². The summed E-state index contributed by atoms with van der Waals surface area (Å²) < 4.78 is 2.21. The highest BCUT2D eigenvalue weighted by Crippen LogP contribution is 2.36. The first-order valence-electron chi connectivity index (χ1n) is 7.84. The molecule has 5 nitrogen and oxygen atoms in total. The van der Waals surface area contributed by atoms with Gasteiger partial charge in [0.15, 0.2) is 0 Å². The van der Waals surface area contributed by atoms with E-state index < -0.39 is 6.10 Å². The Hall–Kier alpha value is -1.98. The minimum Gasteiger partial charge on any atom is -0.385 e. The summed E-state index contributed by atoms with van der Waals surface area (Å²) in [6.07, 6.45) is 4.18. The predicted molar refractivity (Wildman–Crippen MR) is 86.5 cm³/mol. The molecule has 22 heavy (non-hydrogen) atoms. The van der Waals surface area contributed by atoms with Crippen molar-refractivity contribution in [3.63, 3.8) is 0 Å². The molecule has 0 radical (unpaired) electrons. The average Bonchev–Trinajstić information content (AvgIpc) is 3.10. The van der Waals surface area contributed by atoms with Crippen LogP contribution in [0.15, 0.2) is 30.5 Å². The van der Waals surface area contributed by atoms with Gasteiger partial charge < -0.3 is 15.4 Å². The third kappa shape index (κ3) is 2.01. The molecule has 0 amide bonds. The average molecular weight is 296 g/mol. The molecule has 3 N–H and O–H groups in total. The summed E-state index contributed by atoms with van der Waals surface area (Å²) in [5.74, 6) is 0.715. The molecule has 1 saturated carbocycles. The zero-order chi connectivity index (χ0) is 15.3. The molecule has 0 spiro atoms. The maximum absolute atomic E-state index is 10.2. The lowest BCUT2D eigenvalue weighted by Crippen LogP contribution is -2.17. The molecule has 2 aromatic heterocycles. The lowest BCUT2D eigenvalue weighted by atomic mass is 10.1. The third-order valence-corrected chi connectivity index (χ3v) is 4.63. The van der Waals surface area contributed by atoms with Gasteiger partial charge in [-0.25, -0.2) is 4.98 Å². The number of fused-ring (bicyclic) bond motifs is 3. The molecule has 1 aromatic carbocycles. The SMILES string of the molecule is CC(O)c1nc2cnc3ccccc3c2n1C1CCC(N)C1. The van der Waals surface area contributed by atoms with Crippen LogP contribution in [0.4, 0.5) is 0 Å². The van der Waals surface area contributed by atoms with Crippen molar-refractivity contribution in [3.05, 3.63) is 36.3 Å². The Morgan fingerprint density at radius 2 is 2.09 bits per heavy atom. The molecule has 1 fully saturated rings. The first-order valence-corrected chi connectivity index (χ1v) is 7.84. The zero-order valence-corrected chi connectivity index (χ0v) is 12.6. The van der Waals surface area contributed by atoms with Crippen LogP contribution in [0.3, 0.4) is 0 Å². The summed E-state index contributed by atoms with van der Waals surface area (Å²) in [5.41, 5.74) is 8.97. The zero-order valence-electron chi connectivity index (χ0n) is 12.6. The number of para-hydroxylation sites is 1. The van der Waals surface area contributed by atoms with Crippen LogP contribution in [0.5, 0.6) is 0 Å². The molecule has 0 saturated heterocycles. The number of aliphatic hydroxyl groups is 1. The van der Waals surface area contributed by atoms with E-state index in [4.69, 9.17) is 5.73 Å². The highest BCUT2D eigenvalue weighted by molar-refractivity contribution is 6.02. The van der Waals surface area contributed by atoms with Crippen LogP contribution in [-0.2, 0) is 0 Å². The van der Waals surface area contributed by atoms with Gasteiger partial charge in [0.2, 0.25) is 0 Å². The van der Waals surface area contributed by atoms with E-state index in [1.165, 1.54) is 0 Å². The number of nitrogens with two attached hydrogens (primary N) is 1. The summed E-state index contributed by atoms with van der Waals surface area (Å²) in [7, 11) is 0. The van der Waals surface area contributed by atoms with Crippen LogP contribution in [0.2, 0.25) is 0 Å². The summed E-state index contributed by atoms with van der Waals surface area (Å²) in [6, 6.07) is 8.62. The molecule has 1 aliphatic rings. The first kappa shape index (κ1) is 13.7. The molecule has 114 valence electrons. The molecule has 4 rings (SSSR count). The number of aliphatic hydroxyl groups excluding tert-OH is 1. The number of imidazole rings is 1. The fourth-order valence-corrected chi connectivity index (χ4v) is 3.63. The van der Waals surface area contributed by atoms with Crippen molar-refractivity contribution in [2.75, 3.05) is 0 Å². The Morgan fingerprint density at radius 1 is 1.27 bits per heavy atom. The first-order chi connectivity index (χ1) is 10.6. The number of hydrogen-bond donors (Lipinski definition) is 2. The van der Waals surface area contributed by atoms with E-state index >= 15 is 0 Å². The number of pyridine rings is 1. The Kier molecular flexibility index (Phi) is 3.13. The van der Waals surface area contributed by atoms with Crippen LogP contribution in [0.1, 0.15) is 44.2 Å². The number of benzene rings is 1. The van der Waals surface area contributed by atoms with Crippen LogP contribution < -0.4 is 5.73 Å². The van der Waals surface area contributed by atoms with Crippen molar-refractivity contribution in [2.24, 2.45) is 5.73 Å². The summed E-state index contributed by atoms with van der Waals surface area (Å²) >= 11 is 0. The van der Waals surface area contributed by atoms with Crippen molar-refractivity contribution in [1.29, 1.82) is 0 Å². The molecule has 2 heterocycles. The van der Waals surface area contributed by atoms with E-state index in [1.807, 2.05) is 18.2 Å². The molecule has 3 aromatic rings. The molecule has 3 unspecified atom stereocenters. The number of nitrogens with zero attached hydrogens (tertiary/aromatic N) is 3. The van der Waals surface area contributed by atoms with E-state index in [-0.39, 0.29) is 6.04 Å². The minimum atomic E-state index is -0.608. The second kappa shape index (κ2) is 5.04. The molecular weight excluding hydrogens is 276 g/mol. The quantitative estimate of drug-likeness (QED) is 0.762. The second-order valence-corrected chi connectivity index (χ2v) is 6.25. The minimum absolute atomic E-state index is 0.234. The van der Waals surface area contributed by atoms with Gasteiger partial charge >= 0.3 is 0 Å². The Morgan fingerprint density at radius 3 is 2.82 bits per heavy atom. The van der Waals surface area contributed by atoms with E-state index in [0.717, 1.165) is 41.2 Å². The molecular formula is C17H20N4O. The number of hydrogen-bond acceptors (Lipinski definition) is 4. The van der Waals surface area contributed by atoms with Crippen molar-refractivity contribution in [1.82, 2.24) is 14.5 Å². The fraction of sp³-hybridized carbons (Fsp3) is 0.412. The van der Waals surface area contributed by atoms with E-state index in [2.05, 4.69) is 20.6 Å². The molecule has 0 aliphatic heterocycles. The summed E-state index contributed by atoms with van der Waals surface area (Å²) in [4.78, 5) is 9.12. The lowest BCUT2D eigenvalue weighted by molar-refractivity contribution is 0.181. The predicted octanol–water partition coefficient (Wildman–Crippen LogP) is 2.69. The number of rotatable bonds is 2. The molecule has 1 aliphatic carbocycles. The van der Waals surface area contributed by atoms with Crippen LogP contribution >= 0.6 is 0 Å². The normalized spacial score (nSPS) is 23.4. The van der Waals surface area contributed by atoms with Crippen molar-refractivity contribution in [3.8, 4) is 0 Å². The Balaban J connectivity index is 2.05. The summed E-state index contributed by atoms with van der Waals surface area (Å²) in [5, 5.41) is 11.3. The van der Waals surface area contributed by atoms with Gasteiger partial charge in [-0.3, -0.25) is 4.98 Å². The van der Waals surface area contributed by atoms with Gasteiger partial charge in [0.1, 0.15) is 17.4 Å². The van der Waals surface area contributed by atoms with Gasteiger partial charge in [-0.2, -0.15) is 0 Å². The Labute approximate surface area is 128 Å². The topological polar surface area (TPSA) is 77.0 Å². The maximum Gasteiger partial charge on any atom is 0.138 e. The molecule has 0 bridgehead atoms. The van der Waals surface area contributed by atoms with Gasteiger partial charge in [0.25, 0.3) is 0 Å². The van der Waals surface area contributed by atoms with Gasteiger partial charge in [-0.1, -0.05) is 18.2 Å². The highest BCUT2D eigenvalue weighted by atomic mass is 16.3. The molecule has 3 atom stereocenters. The number of aromatic nitrogens is 3. The fourth-order valence-electron chi connectivity index (χ4n) is 3.63. The van der Waals surface area contributed by atoms with Gasteiger partial charge in [-0.15, -0.1) is 0 Å². The highest BCUT2D eigenvalue weighted by Gasteiger charge is 2.28. The second-order valence-electron chi connectivity index (χ2n) is 6.25. The Bertz CT molecular complexity index is 839. The standard InChI is InChI=1S/C17H20N4O/c1-10(22)17-20-15-9-19-14-5-3-2-4-13(14)16(15)21(17)12-7-6-11(18)8-12/h2-5,9-12,22H,6-8,18H2,1H3. The van der Waals surface area contributed by atoms with Gasteiger partial charge in [0.05, 0.1) is 17.2 Å².